The van der Waals surface area contributed by atoms with Crippen LogP contribution in [0.4, 0.5) is 0 Å². The lowest BCUT2D eigenvalue weighted by Gasteiger charge is -2.12. The zero-order chi connectivity index (χ0) is 10.2. The van der Waals surface area contributed by atoms with Crippen molar-refractivity contribution in [1.29, 1.82) is 0 Å². The number of rotatable bonds is 1. The normalized spacial score (nSPS) is 12.5. The molecule has 0 saturated heterocycles. The van der Waals surface area contributed by atoms with Crippen LogP contribution in [0, 0.1) is 6.92 Å². The minimum absolute atomic E-state index is 0.0118. The smallest absolute Gasteiger partial charge is 0.200 e. The molecule has 0 amide bonds. The van der Waals surface area contributed by atoms with Crippen molar-refractivity contribution in [3.05, 3.63) is 17.3 Å². The van der Waals surface area contributed by atoms with E-state index in [1.165, 1.54) is 0 Å². The molecule has 0 aliphatic heterocycles. The highest BCUT2D eigenvalue weighted by Gasteiger charge is 2.22. The van der Waals surface area contributed by atoms with Gasteiger partial charge in [0.05, 0.1) is 5.69 Å². The van der Waals surface area contributed by atoms with E-state index in [0.717, 1.165) is 17.3 Å². The van der Waals surface area contributed by atoms with Crippen LogP contribution >= 0.6 is 0 Å². The van der Waals surface area contributed by atoms with E-state index in [1.807, 2.05) is 6.92 Å². The van der Waals surface area contributed by atoms with Crippen molar-refractivity contribution in [3.63, 3.8) is 0 Å². The first kappa shape index (κ1) is 10.3. The first-order valence-electron chi connectivity index (χ1n) is 4.80. The Bertz CT molecular complexity index is 292. The van der Waals surface area contributed by atoms with E-state index >= 15 is 0 Å². The molecule has 13 heavy (non-hydrogen) atoms. The molecule has 0 fully saturated rings. The Morgan fingerprint density at radius 3 is 2.00 bits per heavy atom. The highest BCUT2D eigenvalue weighted by molar-refractivity contribution is 5.14. The third kappa shape index (κ3) is 2.11. The van der Waals surface area contributed by atoms with Crippen molar-refractivity contribution >= 4 is 0 Å². The molecular weight excluding hydrogens is 162 g/mol. The van der Waals surface area contributed by atoms with Gasteiger partial charge < -0.3 is 4.42 Å². The summed E-state index contributed by atoms with van der Waals surface area (Å²) in [4.78, 5) is 4.44. The number of oxazole rings is 1. The Morgan fingerprint density at radius 2 is 1.77 bits per heavy atom. The average molecular weight is 181 g/mol. The number of hydrogen-bond donors (Lipinski definition) is 0. The maximum Gasteiger partial charge on any atom is 0.200 e. The van der Waals surface area contributed by atoms with Crippen LogP contribution in [0.3, 0.4) is 0 Å². The molecule has 0 saturated carbocycles. The van der Waals surface area contributed by atoms with Gasteiger partial charge in [-0.3, -0.25) is 0 Å². The number of nitrogens with zero attached hydrogens (tertiary/aromatic N) is 1. The summed E-state index contributed by atoms with van der Waals surface area (Å²) in [5.74, 6) is 2.28. The highest BCUT2D eigenvalue weighted by atomic mass is 16.4. The second kappa shape index (κ2) is 3.17. The van der Waals surface area contributed by atoms with Crippen LogP contribution < -0.4 is 0 Å². The fourth-order valence-electron chi connectivity index (χ4n) is 1.26. The van der Waals surface area contributed by atoms with Gasteiger partial charge >= 0.3 is 0 Å². The van der Waals surface area contributed by atoms with E-state index in [0.29, 0.717) is 5.92 Å². The van der Waals surface area contributed by atoms with Crippen molar-refractivity contribution in [1.82, 2.24) is 4.98 Å². The minimum atomic E-state index is 0.0118. The quantitative estimate of drug-likeness (QED) is 0.663. The van der Waals surface area contributed by atoms with Crippen molar-refractivity contribution in [2.45, 2.75) is 52.9 Å². The molecule has 0 N–H and O–H groups in total. The SMILES string of the molecule is Cc1nc(C(C)(C)C)oc1C(C)C. The second-order valence-corrected chi connectivity index (χ2v) is 4.87. The van der Waals surface area contributed by atoms with Crippen LogP contribution in [0.1, 0.15) is 57.9 Å². The van der Waals surface area contributed by atoms with E-state index in [9.17, 15) is 0 Å². The molecule has 0 radical (unpaired) electrons. The predicted octanol–water partition coefficient (Wildman–Crippen LogP) is 3.40. The summed E-state index contributed by atoms with van der Waals surface area (Å²) in [6, 6.07) is 0. The molecule has 2 heteroatoms. The van der Waals surface area contributed by atoms with Gasteiger partial charge in [0, 0.05) is 11.3 Å². The molecule has 0 unspecified atom stereocenters. The second-order valence-electron chi connectivity index (χ2n) is 4.87. The number of hydrogen-bond acceptors (Lipinski definition) is 2. The van der Waals surface area contributed by atoms with Crippen LogP contribution in [0.25, 0.3) is 0 Å². The third-order valence-electron chi connectivity index (χ3n) is 2.00. The summed E-state index contributed by atoms with van der Waals surface area (Å²) in [6.07, 6.45) is 0. The molecule has 2 nitrogen and oxygen atoms in total. The van der Waals surface area contributed by atoms with Crippen LogP contribution in [-0.4, -0.2) is 4.98 Å². The Balaban J connectivity index is 3.10. The molecule has 0 aromatic carbocycles. The van der Waals surface area contributed by atoms with Gasteiger partial charge in [-0.1, -0.05) is 34.6 Å². The van der Waals surface area contributed by atoms with Crippen molar-refractivity contribution in [3.8, 4) is 0 Å². The summed E-state index contributed by atoms with van der Waals surface area (Å²) in [6.45, 7) is 12.6. The van der Waals surface area contributed by atoms with Gasteiger partial charge in [0.25, 0.3) is 0 Å². The van der Waals surface area contributed by atoms with Crippen molar-refractivity contribution in [2.24, 2.45) is 0 Å². The van der Waals surface area contributed by atoms with Crippen LogP contribution in [0.2, 0.25) is 0 Å². The van der Waals surface area contributed by atoms with Crippen LogP contribution in [0.5, 0.6) is 0 Å². The van der Waals surface area contributed by atoms with E-state index in [4.69, 9.17) is 4.42 Å². The average Bonchev–Trinajstić information content (AvgIpc) is 2.29. The maximum atomic E-state index is 5.73. The predicted molar refractivity (Wildman–Crippen MR) is 54.0 cm³/mol. The number of aromatic nitrogens is 1. The molecule has 0 atom stereocenters. The Labute approximate surface area is 80.4 Å². The van der Waals surface area contributed by atoms with Gasteiger partial charge in [0.2, 0.25) is 0 Å². The minimum Gasteiger partial charge on any atom is -0.445 e. The van der Waals surface area contributed by atoms with Gasteiger partial charge in [-0.05, 0) is 6.92 Å². The summed E-state index contributed by atoms with van der Waals surface area (Å²) in [5.41, 5.74) is 1.04. The maximum absolute atomic E-state index is 5.73. The van der Waals surface area contributed by atoms with Crippen LogP contribution in [0.15, 0.2) is 4.42 Å². The van der Waals surface area contributed by atoms with Crippen LogP contribution in [-0.2, 0) is 5.41 Å². The lowest BCUT2D eigenvalue weighted by atomic mass is 9.97. The molecule has 0 bridgehead atoms. The van der Waals surface area contributed by atoms with Crippen molar-refractivity contribution < 1.29 is 4.42 Å². The lowest BCUT2D eigenvalue weighted by molar-refractivity contribution is 0.364. The van der Waals surface area contributed by atoms with Crippen molar-refractivity contribution in [2.75, 3.05) is 0 Å². The summed E-state index contributed by atoms with van der Waals surface area (Å²) in [7, 11) is 0. The van der Waals surface area contributed by atoms with E-state index in [-0.39, 0.29) is 5.41 Å². The summed E-state index contributed by atoms with van der Waals surface area (Å²) < 4.78 is 5.73. The molecule has 0 spiro atoms. The first-order valence-corrected chi connectivity index (χ1v) is 4.80. The monoisotopic (exact) mass is 181 g/mol. The largest absolute Gasteiger partial charge is 0.445 e. The van der Waals surface area contributed by atoms with Gasteiger partial charge in [0.1, 0.15) is 5.76 Å². The molecule has 1 aromatic rings. The number of aryl methyl sites for hydroxylation is 1. The molecule has 0 aliphatic rings. The summed E-state index contributed by atoms with van der Waals surface area (Å²) >= 11 is 0. The molecule has 0 aliphatic carbocycles. The molecule has 1 aromatic heterocycles. The Kier molecular flexibility index (Phi) is 2.51. The van der Waals surface area contributed by atoms with E-state index in [1.54, 1.807) is 0 Å². The van der Waals surface area contributed by atoms with Gasteiger partial charge in [-0.2, -0.15) is 0 Å². The highest BCUT2D eigenvalue weighted by Crippen LogP contribution is 2.27. The fraction of sp³-hybridized carbons (Fsp3) is 0.727. The van der Waals surface area contributed by atoms with Gasteiger partial charge in [0.15, 0.2) is 5.89 Å². The zero-order valence-corrected chi connectivity index (χ0v) is 9.43. The third-order valence-corrected chi connectivity index (χ3v) is 2.00. The van der Waals surface area contributed by atoms with E-state index in [2.05, 4.69) is 39.6 Å². The fourth-order valence-corrected chi connectivity index (χ4v) is 1.26. The lowest BCUT2D eigenvalue weighted by Crippen LogP contribution is -2.11. The standard InChI is InChI=1S/C11H19NO/c1-7(2)9-8(3)12-10(13-9)11(4,5)6/h7H,1-6H3. The van der Waals surface area contributed by atoms with Gasteiger partial charge in [-0.25, -0.2) is 4.98 Å². The topological polar surface area (TPSA) is 26.0 Å². The van der Waals surface area contributed by atoms with Gasteiger partial charge in [-0.15, -0.1) is 0 Å². The summed E-state index contributed by atoms with van der Waals surface area (Å²) in [5, 5.41) is 0. The molecular formula is C11H19NO. The zero-order valence-electron chi connectivity index (χ0n) is 9.43. The molecule has 1 rings (SSSR count). The molecule has 1 heterocycles. The van der Waals surface area contributed by atoms with E-state index < -0.39 is 0 Å². The first-order chi connectivity index (χ1) is 5.82. The Morgan fingerprint density at radius 1 is 1.23 bits per heavy atom. The molecule has 74 valence electrons. The Hall–Kier alpha value is -0.790.